The lowest BCUT2D eigenvalue weighted by Gasteiger charge is -2.30. The first-order chi connectivity index (χ1) is 8.18. The quantitative estimate of drug-likeness (QED) is 0.836. The van der Waals surface area contributed by atoms with Crippen LogP contribution < -0.4 is 5.73 Å². The highest BCUT2D eigenvalue weighted by molar-refractivity contribution is 5.33. The Labute approximate surface area is 105 Å². The zero-order chi connectivity index (χ0) is 12.3. The van der Waals surface area contributed by atoms with Gasteiger partial charge in [-0.05, 0) is 55.1 Å². The van der Waals surface area contributed by atoms with Gasteiger partial charge in [0.15, 0.2) is 0 Å². The molecule has 0 saturated carbocycles. The summed E-state index contributed by atoms with van der Waals surface area (Å²) in [6.45, 7) is 4.56. The summed E-state index contributed by atoms with van der Waals surface area (Å²) in [6, 6.07) is 9.22. The second kappa shape index (κ2) is 5.68. The van der Waals surface area contributed by atoms with Gasteiger partial charge in [0.2, 0.25) is 0 Å². The summed E-state index contributed by atoms with van der Waals surface area (Å²) in [4.78, 5) is 0. The van der Waals surface area contributed by atoms with Crippen molar-refractivity contribution >= 4 is 0 Å². The standard InChI is InChI=1S/C16H25N/c1-12(2)10-11-16(17)15-9-5-7-13-6-3-4-8-14(13)15/h3-4,6,8,12,15-16H,5,7,9-11,17H2,1-2H3. The van der Waals surface area contributed by atoms with E-state index >= 15 is 0 Å². The molecule has 2 unspecified atom stereocenters. The third kappa shape index (κ3) is 3.10. The first-order valence-electron chi connectivity index (χ1n) is 7.02. The number of benzene rings is 1. The van der Waals surface area contributed by atoms with E-state index in [-0.39, 0.29) is 0 Å². The lowest BCUT2D eigenvalue weighted by Crippen LogP contribution is -2.31. The van der Waals surface area contributed by atoms with Crippen LogP contribution in [0.3, 0.4) is 0 Å². The molecule has 0 heterocycles. The Balaban J connectivity index is 2.07. The fourth-order valence-electron chi connectivity index (χ4n) is 2.96. The van der Waals surface area contributed by atoms with Crippen LogP contribution in [0.15, 0.2) is 24.3 Å². The first kappa shape index (κ1) is 12.6. The minimum atomic E-state index is 0.346. The molecular formula is C16H25N. The molecule has 1 heteroatoms. The maximum absolute atomic E-state index is 6.41. The topological polar surface area (TPSA) is 26.0 Å². The average molecular weight is 231 g/mol. The number of nitrogens with two attached hydrogens (primary N) is 1. The zero-order valence-electron chi connectivity index (χ0n) is 11.2. The van der Waals surface area contributed by atoms with Gasteiger partial charge in [0.25, 0.3) is 0 Å². The summed E-state index contributed by atoms with van der Waals surface area (Å²) in [5, 5.41) is 0. The van der Waals surface area contributed by atoms with Crippen molar-refractivity contribution in [3.8, 4) is 0 Å². The van der Waals surface area contributed by atoms with Gasteiger partial charge in [-0.3, -0.25) is 0 Å². The lowest BCUT2D eigenvalue weighted by molar-refractivity contribution is 0.408. The summed E-state index contributed by atoms with van der Waals surface area (Å²) in [5.74, 6) is 1.36. The number of hydrogen-bond acceptors (Lipinski definition) is 1. The fraction of sp³-hybridized carbons (Fsp3) is 0.625. The number of rotatable bonds is 4. The molecule has 0 saturated heterocycles. The molecule has 0 radical (unpaired) electrons. The van der Waals surface area contributed by atoms with Crippen LogP contribution in [-0.2, 0) is 6.42 Å². The van der Waals surface area contributed by atoms with E-state index in [4.69, 9.17) is 5.73 Å². The Morgan fingerprint density at radius 2 is 2.00 bits per heavy atom. The number of hydrogen-bond donors (Lipinski definition) is 1. The minimum absolute atomic E-state index is 0.346. The van der Waals surface area contributed by atoms with Crippen molar-refractivity contribution in [2.24, 2.45) is 11.7 Å². The van der Waals surface area contributed by atoms with Gasteiger partial charge in [0.1, 0.15) is 0 Å². The first-order valence-corrected chi connectivity index (χ1v) is 7.02. The van der Waals surface area contributed by atoms with Crippen LogP contribution in [0.1, 0.15) is 56.6 Å². The second-order valence-corrected chi connectivity index (χ2v) is 5.83. The van der Waals surface area contributed by atoms with Crippen LogP contribution in [0.5, 0.6) is 0 Å². The Hall–Kier alpha value is -0.820. The third-order valence-corrected chi connectivity index (χ3v) is 4.01. The number of fused-ring (bicyclic) bond motifs is 1. The largest absolute Gasteiger partial charge is 0.327 e. The molecule has 2 atom stereocenters. The van der Waals surface area contributed by atoms with E-state index in [0.29, 0.717) is 12.0 Å². The van der Waals surface area contributed by atoms with Crippen LogP contribution in [0.4, 0.5) is 0 Å². The van der Waals surface area contributed by atoms with Crippen molar-refractivity contribution in [2.45, 2.75) is 57.9 Å². The predicted molar refractivity (Wildman–Crippen MR) is 74.2 cm³/mol. The summed E-state index contributed by atoms with van der Waals surface area (Å²) < 4.78 is 0. The predicted octanol–water partition coefficient (Wildman–Crippen LogP) is 3.87. The van der Waals surface area contributed by atoms with E-state index in [2.05, 4.69) is 38.1 Å². The van der Waals surface area contributed by atoms with Gasteiger partial charge in [0, 0.05) is 6.04 Å². The molecule has 2 N–H and O–H groups in total. The summed E-state index contributed by atoms with van der Waals surface area (Å²) in [7, 11) is 0. The van der Waals surface area contributed by atoms with E-state index in [1.165, 1.54) is 36.8 Å². The Morgan fingerprint density at radius 1 is 1.24 bits per heavy atom. The maximum atomic E-state index is 6.41. The van der Waals surface area contributed by atoms with Crippen LogP contribution >= 0.6 is 0 Å². The van der Waals surface area contributed by atoms with Crippen molar-refractivity contribution in [1.29, 1.82) is 0 Å². The molecule has 17 heavy (non-hydrogen) atoms. The molecule has 1 aromatic carbocycles. The van der Waals surface area contributed by atoms with E-state index in [9.17, 15) is 0 Å². The number of aryl methyl sites for hydroxylation is 1. The second-order valence-electron chi connectivity index (χ2n) is 5.83. The molecule has 0 spiro atoms. The Bertz CT molecular complexity index is 356. The highest BCUT2D eigenvalue weighted by Gasteiger charge is 2.24. The van der Waals surface area contributed by atoms with Crippen molar-refractivity contribution < 1.29 is 0 Å². The van der Waals surface area contributed by atoms with Crippen molar-refractivity contribution in [3.63, 3.8) is 0 Å². The smallest absolute Gasteiger partial charge is 0.0108 e. The van der Waals surface area contributed by atoms with Gasteiger partial charge < -0.3 is 5.73 Å². The average Bonchev–Trinajstić information content (AvgIpc) is 2.35. The van der Waals surface area contributed by atoms with Crippen LogP contribution in [0, 0.1) is 5.92 Å². The molecule has 0 bridgehead atoms. The van der Waals surface area contributed by atoms with Gasteiger partial charge in [0.05, 0.1) is 0 Å². The van der Waals surface area contributed by atoms with Crippen molar-refractivity contribution in [1.82, 2.24) is 0 Å². The Kier molecular flexibility index (Phi) is 4.22. The molecule has 1 aliphatic rings. The molecule has 1 aromatic rings. The van der Waals surface area contributed by atoms with Gasteiger partial charge in [-0.15, -0.1) is 0 Å². The van der Waals surface area contributed by atoms with E-state index in [0.717, 1.165) is 12.3 Å². The van der Waals surface area contributed by atoms with E-state index < -0.39 is 0 Å². The maximum Gasteiger partial charge on any atom is 0.0108 e. The van der Waals surface area contributed by atoms with Gasteiger partial charge in [-0.2, -0.15) is 0 Å². The lowest BCUT2D eigenvalue weighted by atomic mass is 9.77. The highest BCUT2D eigenvalue weighted by Crippen LogP contribution is 2.34. The van der Waals surface area contributed by atoms with Crippen LogP contribution in [0.2, 0.25) is 0 Å². The van der Waals surface area contributed by atoms with Gasteiger partial charge in [-0.1, -0.05) is 38.1 Å². The van der Waals surface area contributed by atoms with Crippen molar-refractivity contribution in [3.05, 3.63) is 35.4 Å². The molecule has 1 aliphatic carbocycles. The molecule has 0 fully saturated rings. The van der Waals surface area contributed by atoms with Crippen LogP contribution in [0.25, 0.3) is 0 Å². The zero-order valence-corrected chi connectivity index (χ0v) is 11.2. The summed E-state index contributed by atoms with van der Waals surface area (Å²) in [5.41, 5.74) is 9.47. The molecule has 0 aliphatic heterocycles. The van der Waals surface area contributed by atoms with E-state index in [1.807, 2.05) is 0 Å². The Morgan fingerprint density at radius 3 is 2.76 bits per heavy atom. The summed E-state index contributed by atoms with van der Waals surface area (Å²) >= 11 is 0. The monoisotopic (exact) mass is 231 g/mol. The molecule has 94 valence electrons. The summed E-state index contributed by atoms with van der Waals surface area (Å²) in [6.07, 6.45) is 6.23. The van der Waals surface area contributed by atoms with Crippen LogP contribution in [-0.4, -0.2) is 6.04 Å². The molecule has 1 nitrogen and oxygen atoms in total. The van der Waals surface area contributed by atoms with Gasteiger partial charge >= 0.3 is 0 Å². The SMILES string of the molecule is CC(C)CCC(N)C1CCCc2ccccc21. The van der Waals surface area contributed by atoms with Gasteiger partial charge in [-0.25, -0.2) is 0 Å². The molecule has 0 aromatic heterocycles. The molecule has 0 amide bonds. The third-order valence-electron chi connectivity index (χ3n) is 4.01. The normalized spacial score (nSPS) is 21.3. The van der Waals surface area contributed by atoms with E-state index in [1.54, 1.807) is 0 Å². The molecule has 2 rings (SSSR count). The van der Waals surface area contributed by atoms with Crippen molar-refractivity contribution in [2.75, 3.05) is 0 Å². The minimum Gasteiger partial charge on any atom is -0.327 e. The fourth-order valence-corrected chi connectivity index (χ4v) is 2.96. The molecular weight excluding hydrogens is 206 g/mol. The highest BCUT2D eigenvalue weighted by atomic mass is 14.7.